The molecular formula is C32H29N3O2. The number of aliphatic carboxylic acids is 1. The van der Waals surface area contributed by atoms with Gasteiger partial charge in [-0.3, -0.25) is 14.1 Å². The fourth-order valence-corrected chi connectivity index (χ4v) is 5.55. The fraction of sp³-hybridized carbons (Fsp3) is 0.188. The van der Waals surface area contributed by atoms with E-state index in [9.17, 15) is 9.90 Å². The van der Waals surface area contributed by atoms with Gasteiger partial charge in [-0.2, -0.15) is 0 Å². The Hall–Kier alpha value is -4.22. The van der Waals surface area contributed by atoms with Gasteiger partial charge in [-0.1, -0.05) is 72.8 Å². The van der Waals surface area contributed by atoms with Crippen molar-refractivity contribution in [1.82, 2.24) is 14.3 Å². The molecule has 0 aliphatic carbocycles. The number of pyridine rings is 1. The molecule has 1 N–H and O–H groups in total. The van der Waals surface area contributed by atoms with Gasteiger partial charge in [-0.05, 0) is 71.8 Å². The van der Waals surface area contributed by atoms with Gasteiger partial charge in [0.05, 0.1) is 11.9 Å². The third-order valence-electron chi connectivity index (χ3n) is 7.53. The van der Waals surface area contributed by atoms with Crippen LogP contribution in [0, 0.1) is 6.92 Å². The molecule has 1 saturated heterocycles. The molecule has 0 bridgehead atoms. The van der Waals surface area contributed by atoms with Gasteiger partial charge in [-0.25, -0.2) is 4.98 Å². The molecule has 0 spiro atoms. The first-order chi connectivity index (χ1) is 18.1. The van der Waals surface area contributed by atoms with Crippen LogP contribution >= 0.6 is 0 Å². The molecule has 0 unspecified atom stereocenters. The van der Waals surface area contributed by atoms with Gasteiger partial charge >= 0.3 is 5.97 Å². The molecule has 0 radical (unpaired) electrons. The molecule has 37 heavy (non-hydrogen) atoms. The van der Waals surface area contributed by atoms with Crippen LogP contribution in [-0.2, 0) is 11.3 Å². The second-order valence-electron chi connectivity index (χ2n) is 9.79. The fourth-order valence-electron chi connectivity index (χ4n) is 5.55. The number of carboxylic acid groups (broad SMARTS) is 1. The van der Waals surface area contributed by atoms with E-state index in [1.807, 2.05) is 12.3 Å². The number of rotatable bonds is 6. The van der Waals surface area contributed by atoms with E-state index in [1.165, 1.54) is 22.3 Å². The Bertz CT molecular complexity index is 1570. The number of hydrogen-bond acceptors (Lipinski definition) is 3. The van der Waals surface area contributed by atoms with Crippen molar-refractivity contribution in [1.29, 1.82) is 0 Å². The summed E-state index contributed by atoms with van der Waals surface area (Å²) in [5.74, 6) is -0.721. The van der Waals surface area contributed by atoms with Gasteiger partial charge in [0.1, 0.15) is 11.7 Å². The number of aromatic nitrogens is 2. The number of benzene rings is 3. The highest BCUT2D eigenvalue weighted by Crippen LogP contribution is 2.33. The first kappa shape index (κ1) is 23.2. The van der Waals surface area contributed by atoms with Crippen molar-refractivity contribution in [2.24, 2.45) is 0 Å². The molecule has 1 fully saturated rings. The number of carbonyl (C=O) groups is 1. The maximum atomic E-state index is 11.5. The monoisotopic (exact) mass is 487 g/mol. The van der Waals surface area contributed by atoms with Crippen LogP contribution in [0.1, 0.15) is 24.0 Å². The molecule has 5 heteroatoms. The highest BCUT2D eigenvalue weighted by Gasteiger charge is 2.30. The first-order valence-electron chi connectivity index (χ1n) is 12.8. The minimum Gasteiger partial charge on any atom is -0.480 e. The lowest BCUT2D eigenvalue weighted by molar-refractivity contribution is -0.142. The molecule has 1 aliphatic heterocycles. The summed E-state index contributed by atoms with van der Waals surface area (Å²) in [5.41, 5.74) is 10.2. The van der Waals surface area contributed by atoms with E-state index in [-0.39, 0.29) is 6.04 Å². The zero-order valence-electron chi connectivity index (χ0n) is 20.8. The lowest BCUT2D eigenvalue weighted by Gasteiger charge is -2.21. The predicted molar refractivity (Wildman–Crippen MR) is 147 cm³/mol. The summed E-state index contributed by atoms with van der Waals surface area (Å²) in [5, 5.41) is 9.45. The first-order valence-corrected chi connectivity index (χ1v) is 12.8. The Morgan fingerprint density at radius 1 is 0.919 bits per heavy atom. The topological polar surface area (TPSA) is 57.8 Å². The Kier molecular flexibility index (Phi) is 6.07. The maximum absolute atomic E-state index is 11.5. The van der Waals surface area contributed by atoms with Crippen LogP contribution in [0.3, 0.4) is 0 Å². The van der Waals surface area contributed by atoms with E-state index < -0.39 is 5.97 Å². The van der Waals surface area contributed by atoms with E-state index in [4.69, 9.17) is 4.98 Å². The molecule has 1 atom stereocenters. The van der Waals surface area contributed by atoms with E-state index in [0.29, 0.717) is 6.54 Å². The van der Waals surface area contributed by atoms with Gasteiger partial charge < -0.3 is 5.11 Å². The third-order valence-corrected chi connectivity index (χ3v) is 7.53. The molecule has 1 aliphatic rings. The second-order valence-corrected chi connectivity index (χ2v) is 9.79. The average Bonchev–Trinajstić information content (AvgIpc) is 3.57. The van der Waals surface area contributed by atoms with Crippen LogP contribution in [0.4, 0.5) is 0 Å². The molecule has 5 nitrogen and oxygen atoms in total. The zero-order valence-corrected chi connectivity index (χ0v) is 20.8. The van der Waals surface area contributed by atoms with Gasteiger partial charge in [0.2, 0.25) is 0 Å². The molecule has 0 amide bonds. The van der Waals surface area contributed by atoms with Crippen molar-refractivity contribution >= 4 is 11.6 Å². The molecule has 6 rings (SSSR count). The van der Waals surface area contributed by atoms with Crippen molar-refractivity contribution in [3.05, 3.63) is 108 Å². The van der Waals surface area contributed by atoms with Crippen molar-refractivity contribution in [2.75, 3.05) is 6.54 Å². The third kappa shape index (κ3) is 4.43. The SMILES string of the molecule is Cc1c(-c2ccccc2)cccc1-c1ccn2c(-c3ccc(CN4CCC[C@@H]4C(=O)O)cc3)cnc2c1. The molecular weight excluding hydrogens is 458 g/mol. The van der Waals surface area contributed by atoms with Crippen molar-refractivity contribution in [3.8, 4) is 33.5 Å². The number of nitrogens with zero attached hydrogens (tertiary/aromatic N) is 3. The van der Waals surface area contributed by atoms with E-state index in [0.717, 1.165) is 47.4 Å². The molecule has 2 aromatic heterocycles. The maximum Gasteiger partial charge on any atom is 0.320 e. The average molecular weight is 488 g/mol. The van der Waals surface area contributed by atoms with Gasteiger partial charge in [-0.15, -0.1) is 0 Å². The number of carboxylic acids is 1. The lowest BCUT2D eigenvalue weighted by Crippen LogP contribution is -2.35. The van der Waals surface area contributed by atoms with Gasteiger partial charge in [0.15, 0.2) is 0 Å². The van der Waals surface area contributed by atoms with Crippen LogP contribution in [0.15, 0.2) is 97.3 Å². The molecule has 184 valence electrons. The quantitative estimate of drug-likeness (QED) is 0.290. The van der Waals surface area contributed by atoms with Gasteiger partial charge in [0, 0.05) is 18.3 Å². The van der Waals surface area contributed by atoms with Crippen LogP contribution in [-0.4, -0.2) is 37.9 Å². The number of hydrogen-bond donors (Lipinski definition) is 1. The zero-order chi connectivity index (χ0) is 25.4. The van der Waals surface area contributed by atoms with Crippen LogP contribution in [0.25, 0.3) is 39.2 Å². The standard InChI is InChI=1S/C32H29N3O2/c1-22-27(24-7-3-2-4-8-24)9-5-10-28(22)26-16-18-35-30(20-33-31(35)19-26)25-14-12-23(13-15-25)21-34-17-6-11-29(34)32(36)37/h2-5,7-10,12-16,18-20,29H,6,11,17,21H2,1H3,(H,36,37)/t29-/m1/s1. The Morgan fingerprint density at radius 3 is 2.43 bits per heavy atom. The normalized spacial score (nSPS) is 15.9. The highest BCUT2D eigenvalue weighted by atomic mass is 16.4. The van der Waals surface area contributed by atoms with Crippen molar-refractivity contribution in [2.45, 2.75) is 32.4 Å². The second kappa shape index (κ2) is 9.68. The summed E-state index contributed by atoms with van der Waals surface area (Å²) in [6.45, 7) is 3.68. The minimum atomic E-state index is -0.721. The summed E-state index contributed by atoms with van der Waals surface area (Å²) >= 11 is 0. The molecule has 0 saturated carbocycles. The number of likely N-dealkylation sites (tertiary alicyclic amines) is 1. The van der Waals surface area contributed by atoms with Crippen molar-refractivity contribution in [3.63, 3.8) is 0 Å². The van der Waals surface area contributed by atoms with Crippen LogP contribution in [0.5, 0.6) is 0 Å². The summed E-state index contributed by atoms with van der Waals surface area (Å²) in [6.07, 6.45) is 5.68. The Labute approximate surface area is 216 Å². The van der Waals surface area contributed by atoms with Gasteiger partial charge in [0.25, 0.3) is 0 Å². The summed E-state index contributed by atoms with van der Waals surface area (Å²) in [4.78, 5) is 18.3. The summed E-state index contributed by atoms with van der Waals surface area (Å²) in [7, 11) is 0. The number of fused-ring (bicyclic) bond motifs is 1. The van der Waals surface area contributed by atoms with Crippen LogP contribution in [0.2, 0.25) is 0 Å². The molecule has 5 aromatic rings. The molecule has 3 aromatic carbocycles. The summed E-state index contributed by atoms with van der Waals surface area (Å²) < 4.78 is 2.12. The Balaban J connectivity index is 1.27. The smallest absolute Gasteiger partial charge is 0.320 e. The van der Waals surface area contributed by atoms with E-state index in [1.54, 1.807) is 0 Å². The van der Waals surface area contributed by atoms with Crippen LogP contribution < -0.4 is 0 Å². The summed E-state index contributed by atoms with van der Waals surface area (Å²) in [6, 6.07) is 29.3. The number of imidazole rings is 1. The minimum absolute atomic E-state index is 0.371. The largest absolute Gasteiger partial charge is 0.480 e. The predicted octanol–water partition coefficient (Wildman–Crippen LogP) is 6.69. The lowest BCUT2D eigenvalue weighted by atomic mass is 9.93. The Morgan fingerprint density at radius 2 is 1.68 bits per heavy atom. The highest BCUT2D eigenvalue weighted by molar-refractivity contribution is 5.80. The van der Waals surface area contributed by atoms with E-state index >= 15 is 0 Å². The van der Waals surface area contributed by atoms with E-state index in [2.05, 4.69) is 101 Å². The molecule has 3 heterocycles. The van der Waals surface area contributed by atoms with Crippen molar-refractivity contribution < 1.29 is 9.90 Å².